The number of imidazole rings is 1. The number of hydrogen-bond acceptors (Lipinski definition) is 2. The summed E-state index contributed by atoms with van der Waals surface area (Å²) in [5, 5.41) is 2.79. The number of likely N-dealkylation sites (tertiary alicyclic amines) is 1. The van der Waals surface area contributed by atoms with Gasteiger partial charge in [0, 0.05) is 13.1 Å². The van der Waals surface area contributed by atoms with Gasteiger partial charge in [-0.1, -0.05) is 12.1 Å². The van der Waals surface area contributed by atoms with Gasteiger partial charge in [-0.3, -0.25) is 5.32 Å². The van der Waals surface area contributed by atoms with Crippen molar-refractivity contribution in [3.8, 4) is 0 Å². The van der Waals surface area contributed by atoms with E-state index >= 15 is 0 Å². The molecule has 1 fully saturated rings. The van der Waals surface area contributed by atoms with E-state index in [2.05, 4.69) is 15.3 Å². The number of carbonyl (C=O) groups excluding carboxylic acids is 1. The van der Waals surface area contributed by atoms with Crippen LogP contribution in [0.2, 0.25) is 0 Å². The minimum absolute atomic E-state index is 0.0680. The summed E-state index contributed by atoms with van der Waals surface area (Å²) in [5.74, 6) is 0.517. The van der Waals surface area contributed by atoms with Crippen molar-refractivity contribution in [3.63, 3.8) is 0 Å². The molecule has 17 heavy (non-hydrogen) atoms. The molecule has 2 heterocycles. The largest absolute Gasteiger partial charge is 0.324 e. The van der Waals surface area contributed by atoms with Crippen molar-refractivity contribution >= 4 is 23.0 Å². The summed E-state index contributed by atoms with van der Waals surface area (Å²) in [6, 6.07) is 7.65. The number of nitrogens with zero attached hydrogens (tertiary/aromatic N) is 2. The minimum Gasteiger partial charge on any atom is -0.324 e. The van der Waals surface area contributed by atoms with Crippen LogP contribution in [0.5, 0.6) is 0 Å². The molecule has 0 unspecified atom stereocenters. The molecule has 0 aliphatic carbocycles. The van der Waals surface area contributed by atoms with Crippen LogP contribution in [0.3, 0.4) is 0 Å². The van der Waals surface area contributed by atoms with Crippen LogP contribution in [-0.4, -0.2) is 34.0 Å². The number of amides is 2. The molecule has 5 heteroatoms. The molecule has 1 aliphatic rings. The predicted octanol–water partition coefficient (Wildman–Crippen LogP) is 2.19. The first-order valence-electron chi connectivity index (χ1n) is 5.83. The first kappa shape index (κ1) is 10.1. The highest BCUT2D eigenvalue weighted by atomic mass is 16.2. The van der Waals surface area contributed by atoms with Crippen LogP contribution in [0.4, 0.5) is 10.7 Å². The highest BCUT2D eigenvalue weighted by molar-refractivity contribution is 5.89. The first-order chi connectivity index (χ1) is 8.33. The van der Waals surface area contributed by atoms with Gasteiger partial charge in [0.25, 0.3) is 0 Å². The Morgan fingerprint density at radius 1 is 1.29 bits per heavy atom. The molecule has 0 spiro atoms. The second-order valence-corrected chi connectivity index (χ2v) is 4.23. The van der Waals surface area contributed by atoms with Crippen molar-refractivity contribution in [1.82, 2.24) is 14.9 Å². The molecule has 3 rings (SSSR count). The number of anilines is 1. The number of fused-ring (bicyclic) bond motifs is 1. The van der Waals surface area contributed by atoms with Crippen molar-refractivity contribution in [1.29, 1.82) is 0 Å². The average molecular weight is 230 g/mol. The zero-order valence-corrected chi connectivity index (χ0v) is 9.44. The van der Waals surface area contributed by atoms with Crippen LogP contribution in [0.25, 0.3) is 11.0 Å². The standard InChI is InChI=1S/C12H14N4O/c17-12(16-7-3-4-8-16)15-11-13-9-5-1-2-6-10(9)14-11/h1-2,5-6H,3-4,7-8H2,(H2,13,14,15,17). The quantitative estimate of drug-likeness (QED) is 0.788. The number of aromatic nitrogens is 2. The van der Waals surface area contributed by atoms with Gasteiger partial charge in [0.1, 0.15) is 0 Å². The Hall–Kier alpha value is -2.04. The number of urea groups is 1. The lowest BCUT2D eigenvalue weighted by molar-refractivity contribution is 0.222. The van der Waals surface area contributed by atoms with Gasteiger partial charge in [0.2, 0.25) is 5.95 Å². The monoisotopic (exact) mass is 230 g/mol. The Labute approximate surface area is 98.8 Å². The van der Waals surface area contributed by atoms with Crippen molar-refractivity contribution in [2.24, 2.45) is 0 Å². The van der Waals surface area contributed by atoms with Crippen LogP contribution in [0, 0.1) is 0 Å². The van der Waals surface area contributed by atoms with Crippen molar-refractivity contribution < 1.29 is 4.79 Å². The topological polar surface area (TPSA) is 61.0 Å². The molecule has 2 amide bonds. The Balaban J connectivity index is 1.77. The highest BCUT2D eigenvalue weighted by Crippen LogP contribution is 2.14. The number of carbonyl (C=O) groups is 1. The van der Waals surface area contributed by atoms with E-state index in [9.17, 15) is 4.79 Å². The maximum absolute atomic E-state index is 11.8. The van der Waals surface area contributed by atoms with Crippen LogP contribution < -0.4 is 5.32 Å². The van der Waals surface area contributed by atoms with Crippen molar-refractivity contribution in [2.75, 3.05) is 18.4 Å². The van der Waals surface area contributed by atoms with Crippen LogP contribution in [-0.2, 0) is 0 Å². The third kappa shape index (κ3) is 1.95. The van der Waals surface area contributed by atoms with Gasteiger partial charge < -0.3 is 9.88 Å². The summed E-state index contributed by atoms with van der Waals surface area (Å²) in [6.07, 6.45) is 2.18. The van der Waals surface area contributed by atoms with Crippen LogP contribution >= 0.6 is 0 Å². The summed E-state index contributed by atoms with van der Waals surface area (Å²) in [4.78, 5) is 21.0. The molecule has 1 aliphatic heterocycles. The molecule has 1 saturated heterocycles. The summed E-state index contributed by atoms with van der Waals surface area (Å²) in [7, 11) is 0. The highest BCUT2D eigenvalue weighted by Gasteiger charge is 2.18. The molecular weight excluding hydrogens is 216 g/mol. The Morgan fingerprint density at radius 3 is 2.82 bits per heavy atom. The number of nitrogens with one attached hydrogen (secondary N) is 2. The Kier molecular flexibility index (Phi) is 2.44. The molecule has 0 bridgehead atoms. The smallest absolute Gasteiger partial charge is 0.324 e. The molecule has 2 aromatic rings. The van der Waals surface area contributed by atoms with Crippen LogP contribution in [0.1, 0.15) is 12.8 Å². The van der Waals surface area contributed by atoms with Crippen molar-refractivity contribution in [2.45, 2.75) is 12.8 Å². The fraction of sp³-hybridized carbons (Fsp3) is 0.333. The fourth-order valence-electron chi connectivity index (χ4n) is 2.11. The number of benzene rings is 1. The summed E-state index contributed by atoms with van der Waals surface area (Å²) in [5.41, 5.74) is 1.80. The van der Waals surface area contributed by atoms with Gasteiger partial charge in [0.15, 0.2) is 0 Å². The number of hydrogen-bond donors (Lipinski definition) is 2. The minimum atomic E-state index is -0.0680. The molecule has 88 valence electrons. The first-order valence-corrected chi connectivity index (χ1v) is 5.83. The number of H-pyrrole nitrogens is 1. The van der Waals surface area contributed by atoms with Gasteiger partial charge in [-0.2, -0.15) is 0 Å². The number of rotatable bonds is 1. The molecule has 0 saturated carbocycles. The summed E-state index contributed by atoms with van der Waals surface area (Å²) >= 11 is 0. The Bertz CT molecular complexity index is 509. The Morgan fingerprint density at radius 2 is 2.06 bits per heavy atom. The van der Waals surface area contributed by atoms with E-state index in [0.717, 1.165) is 37.0 Å². The maximum atomic E-state index is 11.8. The van der Waals surface area contributed by atoms with E-state index in [0.29, 0.717) is 5.95 Å². The fourth-order valence-corrected chi connectivity index (χ4v) is 2.11. The second-order valence-electron chi connectivity index (χ2n) is 4.23. The number of para-hydroxylation sites is 2. The lowest BCUT2D eigenvalue weighted by Crippen LogP contribution is -2.32. The lowest BCUT2D eigenvalue weighted by Gasteiger charge is -2.14. The van der Waals surface area contributed by atoms with E-state index in [1.807, 2.05) is 29.2 Å². The zero-order chi connectivity index (χ0) is 11.7. The number of aromatic amines is 1. The van der Waals surface area contributed by atoms with E-state index in [-0.39, 0.29) is 6.03 Å². The van der Waals surface area contributed by atoms with E-state index in [1.165, 1.54) is 0 Å². The molecule has 0 radical (unpaired) electrons. The van der Waals surface area contributed by atoms with Gasteiger partial charge in [-0.25, -0.2) is 9.78 Å². The summed E-state index contributed by atoms with van der Waals surface area (Å²) < 4.78 is 0. The third-order valence-corrected chi connectivity index (χ3v) is 3.01. The average Bonchev–Trinajstić information content (AvgIpc) is 2.97. The molecule has 1 aromatic carbocycles. The van der Waals surface area contributed by atoms with Gasteiger partial charge in [0.05, 0.1) is 11.0 Å². The molecule has 2 N–H and O–H groups in total. The van der Waals surface area contributed by atoms with E-state index in [1.54, 1.807) is 0 Å². The third-order valence-electron chi connectivity index (χ3n) is 3.01. The molecule has 1 aromatic heterocycles. The SMILES string of the molecule is O=C(Nc1nc2ccccc2[nH]1)N1CCCC1. The van der Waals surface area contributed by atoms with Gasteiger partial charge in [-0.05, 0) is 25.0 Å². The van der Waals surface area contributed by atoms with E-state index in [4.69, 9.17) is 0 Å². The maximum Gasteiger partial charge on any atom is 0.324 e. The van der Waals surface area contributed by atoms with Gasteiger partial charge >= 0.3 is 6.03 Å². The van der Waals surface area contributed by atoms with Gasteiger partial charge in [-0.15, -0.1) is 0 Å². The zero-order valence-electron chi connectivity index (χ0n) is 9.44. The second kappa shape index (κ2) is 4.08. The predicted molar refractivity (Wildman–Crippen MR) is 65.9 cm³/mol. The van der Waals surface area contributed by atoms with E-state index < -0.39 is 0 Å². The molecule has 0 atom stereocenters. The summed E-state index contributed by atoms with van der Waals surface area (Å²) in [6.45, 7) is 1.68. The lowest BCUT2D eigenvalue weighted by atomic mass is 10.3. The normalized spacial score (nSPS) is 15.4. The van der Waals surface area contributed by atoms with Crippen LogP contribution in [0.15, 0.2) is 24.3 Å². The molecule has 5 nitrogen and oxygen atoms in total. The van der Waals surface area contributed by atoms with Crippen molar-refractivity contribution in [3.05, 3.63) is 24.3 Å². The molecular formula is C12H14N4O.